The number of aliphatic carboxylic acids is 1. The quantitative estimate of drug-likeness (QED) is 0.723. The Hall–Kier alpha value is -1.92. The van der Waals surface area contributed by atoms with Crippen LogP contribution in [0.25, 0.3) is 0 Å². The van der Waals surface area contributed by atoms with Crippen LogP contribution in [0.5, 0.6) is 0 Å². The average molecular weight is 278 g/mol. The van der Waals surface area contributed by atoms with Crippen molar-refractivity contribution in [1.29, 1.82) is 0 Å². The summed E-state index contributed by atoms with van der Waals surface area (Å²) < 4.78 is 5.14. The summed E-state index contributed by atoms with van der Waals surface area (Å²) in [5, 5.41) is 12.0. The monoisotopic (exact) mass is 278 g/mol. The maximum atomic E-state index is 12.2. The standard InChI is InChI=1S/C14H18N2O4/c1-14(13(18)19,9-5-3-2-4-6-9)16-12(17)10-7-20-8-11(10)15/h2-6,10-11H,7-8,15H2,1H3,(H,16,17)(H,18,19). The third-order valence-electron chi connectivity index (χ3n) is 3.61. The summed E-state index contributed by atoms with van der Waals surface area (Å²) in [5.41, 5.74) is 4.80. The van der Waals surface area contributed by atoms with E-state index >= 15 is 0 Å². The predicted molar refractivity (Wildman–Crippen MR) is 71.9 cm³/mol. The summed E-state index contributed by atoms with van der Waals surface area (Å²) in [6.45, 7) is 1.99. The molecule has 3 unspecified atom stereocenters. The lowest BCUT2D eigenvalue weighted by Gasteiger charge is -2.28. The van der Waals surface area contributed by atoms with Crippen molar-refractivity contribution in [2.24, 2.45) is 11.7 Å². The summed E-state index contributed by atoms with van der Waals surface area (Å²) >= 11 is 0. The van der Waals surface area contributed by atoms with E-state index in [1.54, 1.807) is 30.3 Å². The summed E-state index contributed by atoms with van der Waals surface area (Å²) in [6, 6.07) is 8.18. The zero-order valence-corrected chi connectivity index (χ0v) is 11.2. The Kier molecular flexibility index (Phi) is 4.06. The highest BCUT2D eigenvalue weighted by Crippen LogP contribution is 2.23. The van der Waals surface area contributed by atoms with Gasteiger partial charge in [-0.25, -0.2) is 4.79 Å². The highest BCUT2D eigenvalue weighted by Gasteiger charge is 2.40. The second-order valence-electron chi connectivity index (χ2n) is 5.09. The van der Waals surface area contributed by atoms with E-state index in [2.05, 4.69) is 5.32 Å². The van der Waals surface area contributed by atoms with E-state index in [0.29, 0.717) is 12.2 Å². The van der Waals surface area contributed by atoms with Gasteiger partial charge in [-0.15, -0.1) is 0 Å². The van der Waals surface area contributed by atoms with Crippen LogP contribution in [0.2, 0.25) is 0 Å². The van der Waals surface area contributed by atoms with Crippen molar-refractivity contribution in [3.8, 4) is 0 Å². The van der Waals surface area contributed by atoms with Crippen molar-refractivity contribution in [2.45, 2.75) is 18.5 Å². The molecule has 0 saturated carbocycles. The molecule has 1 aromatic carbocycles. The molecule has 0 spiro atoms. The maximum Gasteiger partial charge on any atom is 0.333 e. The van der Waals surface area contributed by atoms with Crippen LogP contribution in [0.3, 0.4) is 0 Å². The van der Waals surface area contributed by atoms with E-state index < -0.39 is 29.4 Å². The molecule has 6 nitrogen and oxygen atoms in total. The van der Waals surface area contributed by atoms with Crippen molar-refractivity contribution in [3.63, 3.8) is 0 Å². The molecule has 0 radical (unpaired) electrons. The van der Waals surface area contributed by atoms with Crippen LogP contribution in [0.4, 0.5) is 0 Å². The molecule has 1 fully saturated rings. The van der Waals surface area contributed by atoms with Gasteiger partial charge < -0.3 is 20.9 Å². The fourth-order valence-corrected chi connectivity index (χ4v) is 2.20. The molecule has 4 N–H and O–H groups in total. The largest absolute Gasteiger partial charge is 0.479 e. The van der Waals surface area contributed by atoms with E-state index in [1.807, 2.05) is 0 Å². The smallest absolute Gasteiger partial charge is 0.333 e. The van der Waals surface area contributed by atoms with Crippen LogP contribution in [0.15, 0.2) is 30.3 Å². The molecular formula is C14H18N2O4. The summed E-state index contributed by atoms with van der Waals surface area (Å²) in [6.07, 6.45) is 0. The number of benzene rings is 1. The second-order valence-corrected chi connectivity index (χ2v) is 5.09. The van der Waals surface area contributed by atoms with Crippen LogP contribution in [0, 0.1) is 5.92 Å². The van der Waals surface area contributed by atoms with Gasteiger partial charge in [0.05, 0.1) is 19.1 Å². The van der Waals surface area contributed by atoms with E-state index in [0.717, 1.165) is 0 Å². The van der Waals surface area contributed by atoms with Gasteiger partial charge in [0.25, 0.3) is 0 Å². The molecule has 1 aromatic rings. The van der Waals surface area contributed by atoms with Crippen molar-refractivity contribution in [3.05, 3.63) is 35.9 Å². The fraction of sp³-hybridized carbons (Fsp3) is 0.429. The summed E-state index contributed by atoms with van der Waals surface area (Å²) in [5.74, 6) is -2.04. The van der Waals surface area contributed by atoms with E-state index in [1.165, 1.54) is 6.92 Å². The Morgan fingerprint density at radius 1 is 1.35 bits per heavy atom. The number of amides is 1. The van der Waals surface area contributed by atoms with Gasteiger partial charge >= 0.3 is 5.97 Å². The number of nitrogens with two attached hydrogens (primary N) is 1. The highest BCUT2D eigenvalue weighted by atomic mass is 16.5. The predicted octanol–water partition coefficient (Wildman–Crippen LogP) is 0.0763. The van der Waals surface area contributed by atoms with Gasteiger partial charge in [0.2, 0.25) is 5.91 Å². The molecule has 0 bridgehead atoms. The molecule has 1 aliphatic rings. The molecule has 108 valence electrons. The van der Waals surface area contributed by atoms with Gasteiger partial charge in [0.15, 0.2) is 5.54 Å². The SMILES string of the molecule is CC(NC(=O)C1COCC1N)(C(=O)O)c1ccccc1. The molecule has 0 aliphatic carbocycles. The molecule has 20 heavy (non-hydrogen) atoms. The Bertz CT molecular complexity index is 505. The number of nitrogens with one attached hydrogen (secondary N) is 1. The van der Waals surface area contributed by atoms with Gasteiger partial charge in [-0.3, -0.25) is 4.79 Å². The molecule has 1 amide bonds. The van der Waals surface area contributed by atoms with E-state index in [4.69, 9.17) is 10.5 Å². The average Bonchev–Trinajstić information content (AvgIpc) is 2.85. The van der Waals surface area contributed by atoms with Crippen LogP contribution >= 0.6 is 0 Å². The Labute approximate surface area is 116 Å². The maximum absolute atomic E-state index is 12.2. The number of carboxylic acid groups (broad SMARTS) is 1. The van der Waals surface area contributed by atoms with E-state index in [-0.39, 0.29) is 6.61 Å². The van der Waals surface area contributed by atoms with Crippen LogP contribution in [-0.2, 0) is 19.9 Å². The molecule has 1 aliphatic heterocycles. The molecule has 3 atom stereocenters. The molecule has 2 rings (SSSR count). The number of rotatable bonds is 4. The van der Waals surface area contributed by atoms with Crippen LogP contribution in [-0.4, -0.2) is 36.2 Å². The normalized spacial score (nSPS) is 24.9. The fourth-order valence-electron chi connectivity index (χ4n) is 2.20. The molecule has 6 heteroatoms. The van der Waals surface area contributed by atoms with Gasteiger partial charge in [0, 0.05) is 6.04 Å². The van der Waals surface area contributed by atoms with Crippen LogP contribution < -0.4 is 11.1 Å². The molecule has 1 saturated heterocycles. The zero-order valence-electron chi connectivity index (χ0n) is 11.2. The molecule has 1 heterocycles. The number of hydrogen-bond acceptors (Lipinski definition) is 4. The Morgan fingerprint density at radius 2 is 2.00 bits per heavy atom. The summed E-state index contributed by atoms with van der Waals surface area (Å²) in [4.78, 5) is 23.8. The second kappa shape index (κ2) is 5.60. The number of carbonyl (C=O) groups is 2. The van der Waals surface area contributed by atoms with Crippen molar-refractivity contribution in [1.82, 2.24) is 5.32 Å². The topological polar surface area (TPSA) is 102 Å². The lowest BCUT2D eigenvalue weighted by Crippen LogP contribution is -2.53. The third kappa shape index (κ3) is 2.66. The van der Waals surface area contributed by atoms with Gasteiger partial charge in [-0.1, -0.05) is 30.3 Å². The van der Waals surface area contributed by atoms with Gasteiger partial charge in [0.1, 0.15) is 0 Å². The lowest BCUT2D eigenvalue weighted by molar-refractivity contribution is -0.148. The zero-order chi connectivity index (χ0) is 14.8. The number of carbonyl (C=O) groups excluding carboxylic acids is 1. The minimum absolute atomic E-state index is 0.220. The number of ether oxygens (including phenoxy) is 1. The third-order valence-corrected chi connectivity index (χ3v) is 3.61. The minimum Gasteiger partial charge on any atom is -0.479 e. The van der Waals surface area contributed by atoms with Crippen molar-refractivity contribution in [2.75, 3.05) is 13.2 Å². The summed E-state index contributed by atoms with van der Waals surface area (Å²) in [7, 11) is 0. The first-order valence-electron chi connectivity index (χ1n) is 6.39. The minimum atomic E-state index is -1.49. The van der Waals surface area contributed by atoms with Crippen LogP contribution in [0.1, 0.15) is 12.5 Å². The van der Waals surface area contributed by atoms with Crippen molar-refractivity contribution >= 4 is 11.9 Å². The van der Waals surface area contributed by atoms with Gasteiger partial charge in [-0.2, -0.15) is 0 Å². The van der Waals surface area contributed by atoms with E-state index in [9.17, 15) is 14.7 Å². The van der Waals surface area contributed by atoms with Gasteiger partial charge in [-0.05, 0) is 12.5 Å². The molecular weight excluding hydrogens is 260 g/mol. The highest BCUT2D eigenvalue weighted by molar-refractivity contribution is 5.89. The Morgan fingerprint density at radius 3 is 2.50 bits per heavy atom. The number of carboxylic acids is 1. The Balaban J connectivity index is 2.22. The molecule has 0 aromatic heterocycles. The first kappa shape index (κ1) is 14.5. The lowest BCUT2D eigenvalue weighted by atomic mass is 9.90. The first-order valence-corrected chi connectivity index (χ1v) is 6.39. The first-order chi connectivity index (χ1) is 9.45. The van der Waals surface area contributed by atoms with Crippen molar-refractivity contribution < 1.29 is 19.4 Å². The number of hydrogen-bond donors (Lipinski definition) is 3.